The van der Waals surface area contributed by atoms with Crippen molar-refractivity contribution in [2.75, 3.05) is 11.9 Å². The average Bonchev–Trinajstić information content (AvgIpc) is 2.34. The number of rotatable bonds is 4. The maximum atomic E-state index is 11.9. The Hall–Kier alpha value is -1.86. The molecule has 1 aromatic rings. The first kappa shape index (κ1) is 14.2. The van der Waals surface area contributed by atoms with Gasteiger partial charge in [-0.15, -0.1) is 0 Å². The summed E-state index contributed by atoms with van der Waals surface area (Å²) >= 11 is 0. The highest BCUT2D eigenvalue weighted by Crippen LogP contribution is 2.16. The van der Waals surface area contributed by atoms with E-state index in [1.165, 1.54) is 0 Å². The predicted molar refractivity (Wildman–Crippen MR) is 72.1 cm³/mol. The highest BCUT2D eigenvalue weighted by molar-refractivity contribution is 5.92. The normalized spacial score (nSPS) is 10.8. The zero-order chi connectivity index (χ0) is 13.8. The molecule has 1 aromatic carbocycles. The third-order valence-electron chi connectivity index (χ3n) is 2.74. The van der Waals surface area contributed by atoms with Gasteiger partial charge in [0.15, 0.2) is 0 Å². The second-order valence-electron chi connectivity index (χ2n) is 5.10. The van der Waals surface area contributed by atoms with Crippen LogP contribution >= 0.6 is 0 Å². The molecular weight excluding hydrogens is 226 g/mol. The van der Waals surface area contributed by atoms with E-state index in [4.69, 9.17) is 11.0 Å². The lowest BCUT2D eigenvalue weighted by Crippen LogP contribution is -2.35. The highest BCUT2D eigenvalue weighted by Gasteiger charge is 2.16. The summed E-state index contributed by atoms with van der Waals surface area (Å²) in [7, 11) is 1.73. The van der Waals surface area contributed by atoms with Gasteiger partial charge in [-0.25, -0.2) is 0 Å². The summed E-state index contributed by atoms with van der Waals surface area (Å²) in [5.41, 5.74) is 6.89. The lowest BCUT2D eigenvalue weighted by molar-refractivity contribution is -0.118. The Labute approximate surface area is 108 Å². The van der Waals surface area contributed by atoms with E-state index in [-0.39, 0.29) is 11.4 Å². The number of nitrogens with zero attached hydrogens (tertiary/aromatic N) is 2. The van der Waals surface area contributed by atoms with E-state index in [0.717, 1.165) is 5.69 Å². The van der Waals surface area contributed by atoms with E-state index >= 15 is 0 Å². The fraction of sp³-hybridized carbons (Fsp3) is 0.429. The van der Waals surface area contributed by atoms with Gasteiger partial charge in [0.2, 0.25) is 5.91 Å². The number of hydrogen-bond acceptors (Lipinski definition) is 3. The lowest BCUT2D eigenvalue weighted by Gasteiger charge is -2.21. The summed E-state index contributed by atoms with van der Waals surface area (Å²) in [4.78, 5) is 13.5. The van der Waals surface area contributed by atoms with Crippen LogP contribution < -0.4 is 10.6 Å². The van der Waals surface area contributed by atoms with Crippen molar-refractivity contribution in [3.05, 3.63) is 29.8 Å². The van der Waals surface area contributed by atoms with Gasteiger partial charge in [-0.05, 0) is 44.5 Å². The largest absolute Gasteiger partial charge is 0.326 e. The van der Waals surface area contributed by atoms with Gasteiger partial charge in [0, 0.05) is 24.7 Å². The molecule has 4 heteroatoms. The van der Waals surface area contributed by atoms with Crippen molar-refractivity contribution in [3.8, 4) is 6.07 Å². The smallest absolute Gasteiger partial charge is 0.226 e. The Balaban J connectivity index is 2.66. The minimum Gasteiger partial charge on any atom is -0.326 e. The number of nitrogens with two attached hydrogens (primary N) is 1. The monoisotopic (exact) mass is 245 g/mol. The molecule has 0 unspecified atom stereocenters. The molecule has 18 heavy (non-hydrogen) atoms. The molecule has 0 atom stereocenters. The molecule has 96 valence electrons. The molecule has 0 saturated heterocycles. The zero-order valence-corrected chi connectivity index (χ0v) is 11.1. The van der Waals surface area contributed by atoms with Crippen LogP contribution in [-0.4, -0.2) is 18.5 Å². The molecule has 1 amide bonds. The van der Waals surface area contributed by atoms with E-state index in [0.29, 0.717) is 18.4 Å². The van der Waals surface area contributed by atoms with Gasteiger partial charge in [-0.3, -0.25) is 4.79 Å². The number of nitriles is 1. The molecule has 0 aliphatic rings. The Bertz CT molecular complexity index is 451. The Morgan fingerprint density at radius 2 is 1.94 bits per heavy atom. The summed E-state index contributed by atoms with van der Waals surface area (Å²) < 4.78 is 0. The Morgan fingerprint density at radius 3 is 2.39 bits per heavy atom. The van der Waals surface area contributed by atoms with Gasteiger partial charge in [0.05, 0.1) is 11.6 Å². The molecule has 1 rings (SSSR count). The number of carbonyl (C=O) groups is 1. The van der Waals surface area contributed by atoms with E-state index in [1.807, 2.05) is 19.9 Å². The fourth-order valence-corrected chi connectivity index (χ4v) is 1.50. The third-order valence-corrected chi connectivity index (χ3v) is 2.74. The third kappa shape index (κ3) is 4.19. The van der Waals surface area contributed by atoms with Gasteiger partial charge in [-0.1, -0.05) is 0 Å². The minimum absolute atomic E-state index is 0.0261. The topological polar surface area (TPSA) is 70.1 Å². The number of hydrogen-bond donors (Lipinski definition) is 1. The molecule has 0 fully saturated rings. The van der Waals surface area contributed by atoms with E-state index in [2.05, 4.69) is 0 Å². The predicted octanol–water partition coefficient (Wildman–Crippen LogP) is 2.04. The van der Waals surface area contributed by atoms with Crippen molar-refractivity contribution in [1.29, 1.82) is 5.26 Å². The van der Waals surface area contributed by atoms with Crippen molar-refractivity contribution in [2.45, 2.75) is 32.2 Å². The van der Waals surface area contributed by atoms with E-state index < -0.39 is 0 Å². The molecular formula is C14H19N3O. The number of benzene rings is 1. The molecule has 0 bridgehead atoms. The van der Waals surface area contributed by atoms with Gasteiger partial charge >= 0.3 is 0 Å². The Kier molecular flexibility index (Phi) is 4.46. The summed E-state index contributed by atoms with van der Waals surface area (Å²) in [6.07, 6.45) is 1.06. The average molecular weight is 245 g/mol. The van der Waals surface area contributed by atoms with Gasteiger partial charge < -0.3 is 10.6 Å². The van der Waals surface area contributed by atoms with Gasteiger partial charge in [0.1, 0.15) is 0 Å². The van der Waals surface area contributed by atoms with Crippen LogP contribution in [0.15, 0.2) is 24.3 Å². The molecule has 0 heterocycles. The van der Waals surface area contributed by atoms with Crippen LogP contribution in [0.4, 0.5) is 5.69 Å². The zero-order valence-electron chi connectivity index (χ0n) is 11.1. The van der Waals surface area contributed by atoms with Crippen molar-refractivity contribution in [2.24, 2.45) is 5.73 Å². The molecule has 0 radical (unpaired) electrons. The summed E-state index contributed by atoms with van der Waals surface area (Å²) in [5.74, 6) is 0.0261. The van der Waals surface area contributed by atoms with E-state index in [9.17, 15) is 4.79 Å². The second kappa shape index (κ2) is 5.65. The fourth-order valence-electron chi connectivity index (χ4n) is 1.50. The van der Waals surface area contributed by atoms with Crippen molar-refractivity contribution in [3.63, 3.8) is 0 Å². The number of anilines is 1. The van der Waals surface area contributed by atoms with Gasteiger partial charge in [0.25, 0.3) is 0 Å². The molecule has 0 aliphatic carbocycles. The van der Waals surface area contributed by atoms with Crippen molar-refractivity contribution in [1.82, 2.24) is 0 Å². The van der Waals surface area contributed by atoms with Crippen LogP contribution in [0, 0.1) is 11.3 Å². The molecule has 0 spiro atoms. The number of carbonyl (C=O) groups excluding carboxylic acids is 1. The summed E-state index contributed by atoms with van der Waals surface area (Å²) in [6.45, 7) is 3.81. The first-order valence-corrected chi connectivity index (χ1v) is 5.89. The standard InChI is InChI=1S/C14H19N3O/c1-14(2,16)9-8-13(18)17(3)12-6-4-11(10-15)5-7-12/h4-7H,8-9,16H2,1-3H3. The maximum absolute atomic E-state index is 11.9. The molecule has 0 saturated carbocycles. The maximum Gasteiger partial charge on any atom is 0.226 e. The number of amides is 1. The van der Waals surface area contributed by atoms with Crippen LogP contribution in [0.25, 0.3) is 0 Å². The van der Waals surface area contributed by atoms with Crippen LogP contribution in [0.5, 0.6) is 0 Å². The second-order valence-corrected chi connectivity index (χ2v) is 5.10. The van der Waals surface area contributed by atoms with Crippen molar-refractivity contribution < 1.29 is 4.79 Å². The van der Waals surface area contributed by atoms with Crippen LogP contribution in [0.2, 0.25) is 0 Å². The van der Waals surface area contributed by atoms with Crippen LogP contribution in [0.1, 0.15) is 32.3 Å². The quantitative estimate of drug-likeness (QED) is 0.882. The molecule has 4 nitrogen and oxygen atoms in total. The van der Waals surface area contributed by atoms with E-state index in [1.54, 1.807) is 36.2 Å². The first-order valence-electron chi connectivity index (χ1n) is 5.89. The highest BCUT2D eigenvalue weighted by atomic mass is 16.2. The lowest BCUT2D eigenvalue weighted by atomic mass is 10.00. The SMILES string of the molecule is CN(C(=O)CCC(C)(C)N)c1ccc(C#N)cc1. The molecule has 0 aliphatic heterocycles. The summed E-state index contributed by atoms with van der Waals surface area (Å²) in [6, 6.07) is 8.98. The summed E-state index contributed by atoms with van der Waals surface area (Å²) in [5, 5.41) is 8.71. The molecule has 0 aromatic heterocycles. The minimum atomic E-state index is -0.332. The Morgan fingerprint density at radius 1 is 1.39 bits per heavy atom. The van der Waals surface area contributed by atoms with Crippen LogP contribution in [0.3, 0.4) is 0 Å². The van der Waals surface area contributed by atoms with Gasteiger partial charge in [-0.2, -0.15) is 5.26 Å². The molecule has 2 N–H and O–H groups in total. The first-order chi connectivity index (χ1) is 8.33. The van der Waals surface area contributed by atoms with Crippen molar-refractivity contribution >= 4 is 11.6 Å². The van der Waals surface area contributed by atoms with Crippen LogP contribution in [-0.2, 0) is 4.79 Å².